The van der Waals surface area contributed by atoms with Gasteiger partial charge in [0, 0.05) is 25.4 Å². The second-order valence-electron chi connectivity index (χ2n) is 15.8. The van der Waals surface area contributed by atoms with E-state index < -0.39 is 16.6 Å². The molecular formula is C31H56O5Si2. The molecule has 0 heterocycles. The first kappa shape index (κ1) is 30.5. The summed E-state index contributed by atoms with van der Waals surface area (Å²) in [5, 5.41) is 0. The molecule has 0 radical (unpaired) electrons. The zero-order valence-electron chi connectivity index (χ0n) is 26.0. The summed E-state index contributed by atoms with van der Waals surface area (Å²) in [4.78, 5) is 24.7. The van der Waals surface area contributed by atoms with Gasteiger partial charge in [0.15, 0.2) is 16.6 Å². The van der Waals surface area contributed by atoms with Crippen molar-refractivity contribution in [3.05, 3.63) is 0 Å². The minimum Gasteiger partial charge on any atom is -0.469 e. The van der Waals surface area contributed by atoms with Crippen LogP contribution in [0.15, 0.2) is 0 Å². The van der Waals surface area contributed by atoms with Crippen LogP contribution >= 0.6 is 0 Å². The first-order chi connectivity index (χ1) is 17.5. The number of rotatable bonds is 8. The third-order valence-electron chi connectivity index (χ3n) is 11.3. The van der Waals surface area contributed by atoms with Gasteiger partial charge >= 0.3 is 5.97 Å². The van der Waals surface area contributed by atoms with Crippen LogP contribution in [0, 0.1) is 46.3 Å². The molecule has 4 saturated carbocycles. The second-order valence-corrected chi connectivity index (χ2v) is 24.8. The number of ketones is 1. The van der Waals surface area contributed by atoms with Gasteiger partial charge in [0.1, 0.15) is 5.78 Å². The predicted octanol–water partition coefficient (Wildman–Crippen LogP) is 7.46. The van der Waals surface area contributed by atoms with Crippen LogP contribution in [0.3, 0.4) is 0 Å². The minimum absolute atomic E-state index is 0.0751. The third-order valence-corrected chi connectivity index (χ3v) is 13.3. The van der Waals surface area contributed by atoms with Crippen LogP contribution < -0.4 is 0 Å². The van der Waals surface area contributed by atoms with Gasteiger partial charge in [0.25, 0.3) is 0 Å². The molecule has 0 aromatic rings. The third kappa shape index (κ3) is 5.78. The molecule has 4 fully saturated rings. The van der Waals surface area contributed by atoms with Gasteiger partial charge in [-0.15, -0.1) is 0 Å². The van der Waals surface area contributed by atoms with Crippen molar-refractivity contribution in [2.75, 3.05) is 7.11 Å². The minimum atomic E-state index is -1.80. The Kier molecular flexibility index (Phi) is 8.59. The monoisotopic (exact) mass is 564 g/mol. The summed E-state index contributed by atoms with van der Waals surface area (Å²) >= 11 is 0. The van der Waals surface area contributed by atoms with E-state index >= 15 is 0 Å². The van der Waals surface area contributed by atoms with Gasteiger partial charge in [-0.25, -0.2) is 0 Å². The van der Waals surface area contributed by atoms with Gasteiger partial charge in [-0.2, -0.15) is 0 Å². The maximum absolute atomic E-state index is 12.7. The molecule has 0 N–H and O–H groups in total. The maximum atomic E-state index is 12.7. The first-order valence-corrected chi connectivity index (χ1v) is 22.3. The summed E-state index contributed by atoms with van der Waals surface area (Å²) in [5.41, 5.74) is 0.264. The fourth-order valence-electron chi connectivity index (χ4n) is 9.72. The smallest absolute Gasteiger partial charge is 0.305 e. The zero-order chi connectivity index (χ0) is 28.3. The van der Waals surface area contributed by atoms with Gasteiger partial charge in [-0.3, -0.25) is 9.59 Å². The van der Waals surface area contributed by atoms with Crippen LogP contribution in [0.2, 0.25) is 39.3 Å². The van der Waals surface area contributed by atoms with Crippen molar-refractivity contribution in [2.24, 2.45) is 46.3 Å². The number of hydrogen-bond donors (Lipinski definition) is 0. The van der Waals surface area contributed by atoms with Crippen LogP contribution in [0.25, 0.3) is 0 Å². The number of fused-ring (bicyclic) bond motifs is 5. The second kappa shape index (κ2) is 10.7. The number of ether oxygens (including phenoxy) is 1. The van der Waals surface area contributed by atoms with Crippen molar-refractivity contribution in [3.8, 4) is 0 Å². The van der Waals surface area contributed by atoms with E-state index in [1.165, 1.54) is 20.0 Å². The molecule has 0 amide bonds. The maximum Gasteiger partial charge on any atom is 0.305 e. The first-order valence-electron chi connectivity index (χ1n) is 15.4. The van der Waals surface area contributed by atoms with E-state index in [1.807, 2.05) is 0 Å². The van der Waals surface area contributed by atoms with Crippen molar-refractivity contribution in [1.82, 2.24) is 0 Å². The number of carbonyl (C=O) groups excluding carboxylic acids is 2. The van der Waals surface area contributed by atoms with Crippen molar-refractivity contribution in [3.63, 3.8) is 0 Å². The molecule has 4 rings (SSSR count). The van der Waals surface area contributed by atoms with Crippen LogP contribution in [0.4, 0.5) is 0 Å². The molecule has 0 saturated heterocycles. The van der Waals surface area contributed by atoms with E-state index in [0.717, 1.165) is 38.5 Å². The van der Waals surface area contributed by atoms with Crippen molar-refractivity contribution in [2.45, 2.75) is 130 Å². The molecule has 218 valence electrons. The van der Waals surface area contributed by atoms with E-state index in [0.29, 0.717) is 47.7 Å². The summed E-state index contributed by atoms with van der Waals surface area (Å²) in [5.74, 6) is 3.39. The summed E-state index contributed by atoms with van der Waals surface area (Å²) < 4.78 is 19.3. The largest absolute Gasteiger partial charge is 0.469 e. The van der Waals surface area contributed by atoms with Crippen LogP contribution in [0.1, 0.15) is 78.6 Å². The van der Waals surface area contributed by atoms with E-state index in [2.05, 4.69) is 60.1 Å². The Hall–Kier alpha value is -0.506. The summed E-state index contributed by atoms with van der Waals surface area (Å²) in [6.45, 7) is 21.4. The van der Waals surface area contributed by atoms with Crippen molar-refractivity contribution in [1.29, 1.82) is 0 Å². The quantitative estimate of drug-likeness (QED) is 0.226. The van der Waals surface area contributed by atoms with E-state index in [-0.39, 0.29) is 29.0 Å². The Labute approximate surface area is 234 Å². The molecule has 4 aliphatic rings. The molecule has 0 aromatic heterocycles. The molecule has 0 unspecified atom stereocenters. The SMILES string of the molecule is COC(=O)CC[C@@H](C)[C@H]1CC[C@H]2[C@@H]3[C@H](O[Si](C)(C)C)C[C@@H]4CC(=O)CC[C@]4(C)[C@H]3C[C@H](O[Si](C)(C)C)[C@]12C. The molecule has 0 bridgehead atoms. The lowest BCUT2D eigenvalue weighted by Gasteiger charge is -2.65. The molecule has 7 heteroatoms. The lowest BCUT2D eigenvalue weighted by atomic mass is 9.43. The fraction of sp³-hybridized carbons (Fsp3) is 0.935. The van der Waals surface area contributed by atoms with E-state index in [1.54, 1.807) is 0 Å². The molecule has 5 nitrogen and oxygen atoms in total. The molecular weight excluding hydrogens is 509 g/mol. The summed E-state index contributed by atoms with van der Waals surface area (Å²) in [7, 11) is -2.08. The van der Waals surface area contributed by atoms with Gasteiger partial charge in [-0.1, -0.05) is 20.8 Å². The average Bonchev–Trinajstić information content (AvgIpc) is 3.15. The Bertz CT molecular complexity index is 894. The average molecular weight is 565 g/mol. The van der Waals surface area contributed by atoms with Gasteiger partial charge in [-0.05, 0) is 124 Å². The predicted molar refractivity (Wildman–Crippen MR) is 158 cm³/mol. The number of carbonyl (C=O) groups is 2. The lowest BCUT2D eigenvalue weighted by Crippen LogP contribution is -2.64. The molecule has 0 aliphatic heterocycles. The highest BCUT2D eigenvalue weighted by molar-refractivity contribution is 6.70. The van der Waals surface area contributed by atoms with Gasteiger partial charge in [0.2, 0.25) is 0 Å². The van der Waals surface area contributed by atoms with Crippen LogP contribution in [0.5, 0.6) is 0 Å². The number of esters is 1. The normalized spacial score (nSPS) is 42.2. The highest BCUT2D eigenvalue weighted by Gasteiger charge is 2.67. The summed E-state index contributed by atoms with van der Waals surface area (Å²) in [6, 6.07) is 0. The molecule has 0 spiro atoms. The summed E-state index contributed by atoms with van der Waals surface area (Å²) in [6.07, 6.45) is 8.92. The number of Topliss-reactive ketones (excluding diaryl/α,β-unsaturated/α-hetero) is 1. The van der Waals surface area contributed by atoms with E-state index in [9.17, 15) is 9.59 Å². The van der Waals surface area contributed by atoms with Crippen molar-refractivity contribution >= 4 is 28.4 Å². The highest BCUT2D eigenvalue weighted by atomic mass is 28.4. The lowest BCUT2D eigenvalue weighted by molar-refractivity contribution is -0.194. The Morgan fingerprint density at radius 1 is 1.00 bits per heavy atom. The molecule has 0 aromatic carbocycles. The Balaban J connectivity index is 1.75. The van der Waals surface area contributed by atoms with Crippen LogP contribution in [-0.2, 0) is 23.2 Å². The van der Waals surface area contributed by atoms with Gasteiger partial charge in [0.05, 0.1) is 13.2 Å². The standard InChI is InChI=1S/C31H56O5Si2/c1-20(11-14-28(33)34-4)23-12-13-24-29-25(19-27(31(23,24)3)36-38(8,9)10)30(2)16-15-22(32)17-21(30)18-26(29)35-37(5,6)7/h20-21,23-27,29H,11-19H2,1-10H3/t20-,21+,23-,24+,25+,26-,27+,29+,30+,31-/m1/s1. The topological polar surface area (TPSA) is 61.8 Å². The fourth-order valence-corrected chi connectivity index (χ4v) is 12.1. The van der Waals surface area contributed by atoms with E-state index in [4.69, 9.17) is 13.6 Å². The molecule has 4 aliphatic carbocycles. The highest BCUT2D eigenvalue weighted by Crippen LogP contribution is 2.69. The van der Waals surface area contributed by atoms with Crippen LogP contribution in [-0.4, -0.2) is 47.7 Å². The number of methoxy groups -OCH3 is 1. The molecule has 38 heavy (non-hydrogen) atoms. The Morgan fingerprint density at radius 3 is 2.26 bits per heavy atom. The Morgan fingerprint density at radius 2 is 1.66 bits per heavy atom. The van der Waals surface area contributed by atoms with Gasteiger partial charge < -0.3 is 13.6 Å². The zero-order valence-corrected chi connectivity index (χ0v) is 28.0. The molecule has 10 atom stereocenters. The van der Waals surface area contributed by atoms with Crippen molar-refractivity contribution < 1.29 is 23.2 Å². The number of hydrogen-bond acceptors (Lipinski definition) is 5.